The van der Waals surface area contributed by atoms with E-state index < -0.39 is 17.7 Å². The maximum atomic E-state index is 12.9. The molecular formula is C22H23F3N2O3. The second kappa shape index (κ2) is 8.77. The van der Waals surface area contributed by atoms with Gasteiger partial charge in [0.2, 0.25) is 0 Å². The van der Waals surface area contributed by atoms with Crippen molar-refractivity contribution in [3.05, 3.63) is 64.7 Å². The average molecular weight is 420 g/mol. The van der Waals surface area contributed by atoms with Crippen molar-refractivity contribution in [3.8, 4) is 0 Å². The van der Waals surface area contributed by atoms with Gasteiger partial charge in [0.15, 0.2) is 6.61 Å². The number of amides is 1. The molecule has 0 bridgehead atoms. The van der Waals surface area contributed by atoms with E-state index in [1.807, 2.05) is 19.9 Å². The lowest BCUT2D eigenvalue weighted by atomic mass is 10.1. The van der Waals surface area contributed by atoms with Crippen LogP contribution in [0.3, 0.4) is 0 Å². The number of alkyl halides is 3. The number of hydrogen-bond donors (Lipinski definition) is 0. The topological polar surface area (TPSA) is 49.9 Å². The molecule has 8 heteroatoms. The van der Waals surface area contributed by atoms with Gasteiger partial charge >= 0.3 is 12.1 Å². The Morgan fingerprint density at radius 1 is 0.967 bits per heavy atom. The van der Waals surface area contributed by atoms with E-state index in [2.05, 4.69) is 0 Å². The largest absolute Gasteiger partial charge is 0.452 e. The van der Waals surface area contributed by atoms with E-state index >= 15 is 0 Å². The van der Waals surface area contributed by atoms with Crippen molar-refractivity contribution in [1.82, 2.24) is 4.90 Å². The van der Waals surface area contributed by atoms with E-state index in [1.165, 1.54) is 6.07 Å². The fraction of sp³-hybridized carbons (Fsp3) is 0.364. The molecule has 1 aliphatic heterocycles. The third kappa shape index (κ3) is 5.11. The lowest BCUT2D eigenvalue weighted by molar-refractivity contribution is -0.137. The first-order valence-corrected chi connectivity index (χ1v) is 9.59. The number of esters is 1. The SMILES string of the molecule is Cc1ccc(C(=O)OCC(=O)N2CCN(c3cccc(C(F)(F)F)c3)CC2)cc1C. The highest BCUT2D eigenvalue weighted by Gasteiger charge is 2.31. The number of hydrogen-bond acceptors (Lipinski definition) is 4. The predicted molar refractivity (Wildman–Crippen MR) is 106 cm³/mol. The molecule has 2 aromatic carbocycles. The van der Waals surface area contributed by atoms with Crippen molar-refractivity contribution >= 4 is 17.6 Å². The number of piperazine rings is 1. The fourth-order valence-corrected chi connectivity index (χ4v) is 3.26. The first-order chi connectivity index (χ1) is 14.1. The zero-order chi connectivity index (χ0) is 21.9. The van der Waals surface area contributed by atoms with E-state index in [1.54, 1.807) is 28.0 Å². The summed E-state index contributed by atoms with van der Waals surface area (Å²) in [6, 6.07) is 10.3. The van der Waals surface area contributed by atoms with Gasteiger partial charge in [0.05, 0.1) is 11.1 Å². The number of carbonyl (C=O) groups is 2. The molecule has 1 aliphatic rings. The third-order valence-corrected chi connectivity index (χ3v) is 5.24. The van der Waals surface area contributed by atoms with E-state index in [0.29, 0.717) is 37.4 Å². The van der Waals surface area contributed by atoms with Crippen molar-refractivity contribution < 1.29 is 27.5 Å². The van der Waals surface area contributed by atoms with Crippen LogP contribution in [0.25, 0.3) is 0 Å². The average Bonchev–Trinajstić information content (AvgIpc) is 2.73. The van der Waals surface area contributed by atoms with Gasteiger partial charge in [-0.25, -0.2) is 4.79 Å². The molecule has 1 saturated heterocycles. The molecule has 1 heterocycles. The number of carbonyl (C=O) groups excluding carboxylic acids is 2. The lowest BCUT2D eigenvalue weighted by Crippen LogP contribution is -2.50. The van der Waals surface area contributed by atoms with E-state index in [4.69, 9.17) is 4.74 Å². The minimum atomic E-state index is -4.40. The summed E-state index contributed by atoms with van der Waals surface area (Å²) in [6.07, 6.45) is -4.40. The van der Waals surface area contributed by atoms with Gasteiger partial charge in [-0.2, -0.15) is 13.2 Å². The van der Waals surface area contributed by atoms with Crippen LogP contribution in [-0.2, 0) is 15.7 Å². The molecule has 5 nitrogen and oxygen atoms in total. The molecule has 0 N–H and O–H groups in total. The van der Waals surface area contributed by atoms with Gasteiger partial charge in [0.1, 0.15) is 0 Å². The summed E-state index contributed by atoms with van der Waals surface area (Å²) in [5.74, 6) is -0.884. The number of rotatable bonds is 4. The van der Waals surface area contributed by atoms with Crippen LogP contribution in [0.2, 0.25) is 0 Å². The Hall–Kier alpha value is -3.03. The van der Waals surface area contributed by atoms with Gasteiger partial charge in [-0.05, 0) is 55.3 Å². The normalized spacial score (nSPS) is 14.6. The molecule has 0 saturated carbocycles. The van der Waals surface area contributed by atoms with Crippen molar-refractivity contribution in [3.63, 3.8) is 0 Å². The number of nitrogens with zero attached hydrogens (tertiary/aromatic N) is 2. The van der Waals surface area contributed by atoms with Crippen LogP contribution >= 0.6 is 0 Å². The van der Waals surface area contributed by atoms with Crippen LogP contribution in [0.1, 0.15) is 27.0 Å². The third-order valence-electron chi connectivity index (χ3n) is 5.24. The maximum absolute atomic E-state index is 12.9. The molecule has 0 aromatic heterocycles. The standard InChI is InChI=1S/C22H23F3N2O3/c1-15-6-7-17(12-16(15)2)21(29)30-14-20(28)27-10-8-26(9-11-27)19-5-3-4-18(13-19)22(23,24)25/h3-7,12-13H,8-11,14H2,1-2H3. The predicted octanol–water partition coefficient (Wildman–Crippen LogP) is 3.83. The smallest absolute Gasteiger partial charge is 0.416 e. The molecule has 0 aliphatic carbocycles. The van der Waals surface area contributed by atoms with Crippen LogP contribution in [-0.4, -0.2) is 49.6 Å². The minimum Gasteiger partial charge on any atom is -0.452 e. The van der Waals surface area contributed by atoms with Crippen LogP contribution in [0.15, 0.2) is 42.5 Å². The molecule has 30 heavy (non-hydrogen) atoms. The van der Waals surface area contributed by atoms with Gasteiger partial charge in [0.25, 0.3) is 5.91 Å². The van der Waals surface area contributed by atoms with Crippen LogP contribution < -0.4 is 4.90 Å². The number of ether oxygens (including phenoxy) is 1. The Balaban J connectivity index is 1.52. The monoisotopic (exact) mass is 420 g/mol. The van der Waals surface area contributed by atoms with Gasteiger partial charge in [0, 0.05) is 31.9 Å². The first-order valence-electron chi connectivity index (χ1n) is 9.59. The van der Waals surface area contributed by atoms with Gasteiger partial charge in [-0.15, -0.1) is 0 Å². The van der Waals surface area contributed by atoms with E-state index in [-0.39, 0.29) is 12.5 Å². The molecule has 1 fully saturated rings. The molecule has 1 amide bonds. The summed E-state index contributed by atoms with van der Waals surface area (Å²) >= 11 is 0. The van der Waals surface area contributed by atoms with Gasteiger partial charge in [-0.1, -0.05) is 12.1 Å². The molecule has 2 aromatic rings. The summed E-state index contributed by atoms with van der Waals surface area (Å²) in [4.78, 5) is 27.9. The van der Waals surface area contributed by atoms with Crippen molar-refractivity contribution in [1.29, 1.82) is 0 Å². The summed E-state index contributed by atoms with van der Waals surface area (Å²) in [5.41, 5.74) is 2.18. The first kappa shape index (κ1) is 21.7. The minimum absolute atomic E-state index is 0.323. The number of halogens is 3. The summed E-state index contributed by atoms with van der Waals surface area (Å²) < 4.78 is 43.8. The highest BCUT2D eigenvalue weighted by molar-refractivity contribution is 5.91. The van der Waals surface area contributed by atoms with Gasteiger partial charge < -0.3 is 14.5 Å². The molecular weight excluding hydrogens is 397 g/mol. The zero-order valence-corrected chi connectivity index (χ0v) is 16.8. The Bertz CT molecular complexity index is 935. The quantitative estimate of drug-likeness (QED) is 0.706. The Morgan fingerprint density at radius 2 is 1.67 bits per heavy atom. The van der Waals surface area contributed by atoms with Crippen LogP contribution in [0.4, 0.5) is 18.9 Å². The van der Waals surface area contributed by atoms with Gasteiger partial charge in [-0.3, -0.25) is 4.79 Å². The van der Waals surface area contributed by atoms with Crippen molar-refractivity contribution in [2.75, 3.05) is 37.7 Å². The van der Waals surface area contributed by atoms with Crippen molar-refractivity contribution in [2.45, 2.75) is 20.0 Å². The molecule has 0 spiro atoms. The second-order valence-electron chi connectivity index (χ2n) is 7.29. The molecule has 0 radical (unpaired) electrons. The Labute approximate surface area is 173 Å². The Morgan fingerprint density at radius 3 is 2.30 bits per heavy atom. The van der Waals surface area contributed by atoms with Crippen LogP contribution in [0, 0.1) is 13.8 Å². The lowest BCUT2D eigenvalue weighted by Gasteiger charge is -2.36. The highest BCUT2D eigenvalue weighted by atomic mass is 19.4. The number of benzene rings is 2. The second-order valence-corrected chi connectivity index (χ2v) is 7.29. The molecule has 0 unspecified atom stereocenters. The Kier molecular flexibility index (Phi) is 6.34. The number of anilines is 1. The summed E-state index contributed by atoms with van der Waals surface area (Å²) in [5, 5.41) is 0. The summed E-state index contributed by atoms with van der Waals surface area (Å²) in [7, 11) is 0. The van der Waals surface area contributed by atoms with E-state index in [0.717, 1.165) is 23.3 Å². The molecule has 160 valence electrons. The zero-order valence-electron chi connectivity index (χ0n) is 16.8. The van der Waals surface area contributed by atoms with Crippen LogP contribution in [0.5, 0.6) is 0 Å². The van der Waals surface area contributed by atoms with E-state index in [9.17, 15) is 22.8 Å². The fourth-order valence-electron chi connectivity index (χ4n) is 3.26. The number of aryl methyl sites for hydroxylation is 2. The van der Waals surface area contributed by atoms with Crippen molar-refractivity contribution in [2.24, 2.45) is 0 Å². The maximum Gasteiger partial charge on any atom is 0.416 e. The summed E-state index contributed by atoms with van der Waals surface area (Å²) in [6.45, 7) is 4.95. The molecule has 3 rings (SSSR count). The molecule has 0 atom stereocenters. The highest BCUT2D eigenvalue weighted by Crippen LogP contribution is 2.31.